The lowest BCUT2D eigenvalue weighted by molar-refractivity contribution is -0.384. The van der Waals surface area contributed by atoms with E-state index in [1.807, 2.05) is 0 Å². The number of non-ortho nitro benzene ring substituents is 1. The Balaban J connectivity index is 1.45. The molecule has 4 rings (SSSR count). The van der Waals surface area contributed by atoms with Gasteiger partial charge in [-0.15, -0.1) is 0 Å². The van der Waals surface area contributed by atoms with Gasteiger partial charge in [-0.25, -0.2) is 12.8 Å². The Morgan fingerprint density at radius 2 is 1.80 bits per heavy atom. The second kappa shape index (κ2) is 7.77. The van der Waals surface area contributed by atoms with Gasteiger partial charge in [0.2, 0.25) is 15.9 Å². The molecule has 0 radical (unpaired) electrons. The van der Waals surface area contributed by atoms with Gasteiger partial charge in [-0.05, 0) is 43.0 Å². The van der Waals surface area contributed by atoms with E-state index in [-0.39, 0.29) is 35.5 Å². The number of piperidine rings is 1. The first-order valence-electron chi connectivity index (χ1n) is 9.62. The Labute approximate surface area is 173 Å². The quantitative estimate of drug-likeness (QED) is 0.545. The summed E-state index contributed by atoms with van der Waals surface area (Å²) in [6, 6.07) is 9.72. The molecule has 0 atom stereocenters. The smallest absolute Gasteiger partial charge is 0.269 e. The predicted octanol–water partition coefficient (Wildman–Crippen LogP) is 2.72. The van der Waals surface area contributed by atoms with E-state index < -0.39 is 20.8 Å². The zero-order chi connectivity index (χ0) is 21.5. The Kier molecular flexibility index (Phi) is 5.29. The molecule has 2 aromatic rings. The molecule has 0 unspecified atom stereocenters. The SMILES string of the molecule is O=C(C1CCN(S(=O)(=O)c2ccccc2F)CC1)N1CCc2cc([N+](=O)[O-])ccc21. The van der Waals surface area contributed by atoms with Gasteiger partial charge in [0.15, 0.2) is 0 Å². The van der Waals surface area contributed by atoms with Crippen LogP contribution >= 0.6 is 0 Å². The van der Waals surface area contributed by atoms with Crippen LogP contribution in [0.25, 0.3) is 0 Å². The van der Waals surface area contributed by atoms with Crippen molar-refractivity contribution in [1.82, 2.24) is 4.31 Å². The Morgan fingerprint density at radius 3 is 2.47 bits per heavy atom. The summed E-state index contributed by atoms with van der Waals surface area (Å²) >= 11 is 0. The molecule has 30 heavy (non-hydrogen) atoms. The van der Waals surface area contributed by atoms with Crippen molar-refractivity contribution in [3.05, 3.63) is 64.0 Å². The van der Waals surface area contributed by atoms with Gasteiger partial charge in [-0.2, -0.15) is 4.31 Å². The average molecular weight is 433 g/mol. The fourth-order valence-electron chi connectivity index (χ4n) is 4.09. The molecule has 1 saturated heterocycles. The van der Waals surface area contributed by atoms with Crippen LogP contribution in [0.4, 0.5) is 15.8 Å². The van der Waals surface area contributed by atoms with Crippen LogP contribution in [0.1, 0.15) is 18.4 Å². The monoisotopic (exact) mass is 433 g/mol. The summed E-state index contributed by atoms with van der Waals surface area (Å²) in [6.07, 6.45) is 1.22. The summed E-state index contributed by atoms with van der Waals surface area (Å²) in [4.78, 5) is 24.8. The van der Waals surface area contributed by atoms with E-state index in [1.165, 1.54) is 34.6 Å². The topological polar surface area (TPSA) is 101 Å². The molecular weight excluding hydrogens is 413 g/mol. The number of fused-ring (bicyclic) bond motifs is 1. The number of hydrogen-bond donors (Lipinski definition) is 0. The fourth-order valence-corrected chi connectivity index (χ4v) is 5.62. The van der Waals surface area contributed by atoms with Crippen molar-refractivity contribution in [2.75, 3.05) is 24.5 Å². The molecule has 158 valence electrons. The minimum atomic E-state index is -3.95. The van der Waals surface area contributed by atoms with Gasteiger partial charge in [0.05, 0.1) is 4.92 Å². The van der Waals surface area contributed by atoms with Gasteiger partial charge in [0.25, 0.3) is 5.69 Å². The number of halogens is 1. The summed E-state index contributed by atoms with van der Waals surface area (Å²) < 4.78 is 40.6. The van der Waals surface area contributed by atoms with Crippen LogP contribution in [0, 0.1) is 21.8 Å². The number of nitrogens with zero attached hydrogens (tertiary/aromatic N) is 3. The van der Waals surface area contributed by atoms with Crippen LogP contribution in [-0.2, 0) is 21.2 Å². The molecule has 2 aliphatic heterocycles. The van der Waals surface area contributed by atoms with Crippen molar-refractivity contribution in [1.29, 1.82) is 0 Å². The first-order valence-corrected chi connectivity index (χ1v) is 11.1. The summed E-state index contributed by atoms with van der Waals surface area (Å²) in [5.74, 6) is -1.25. The zero-order valence-electron chi connectivity index (χ0n) is 16.0. The standard InChI is InChI=1S/C20H20FN3O5S/c21-17-3-1-2-4-19(17)30(28,29)22-10-7-14(8-11-22)20(25)23-12-9-15-13-16(24(26)27)5-6-18(15)23/h1-6,13-14H,7-12H2. The highest BCUT2D eigenvalue weighted by atomic mass is 32.2. The fraction of sp³-hybridized carbons (Fsp3) is 0.350. The van der Waals surface area contributed by atoms with Crippen LogP contribution in [0.3, 0.4) is 0 Å². The van der Waals surface area contributed by atoms with Crippen molar-refractivity contribution in [3.63, 3.8) is 0 Å². The third-order valence-corrected chi connectivity index (χ3v) is 7.62. The molecule has 2 heterocycles. The van der Waals surface area contributed by atoms with Gasteiger partial charge >= 0.3 is 0 Å². The van der Waals surface area contributed by atoms with E-state index in [4.69, 9.17) is 0 Å². The van der Waals surface area contributed by atoms with E-state index in [9.17, 15) is 27.7 Å². The molecule has 8 nitrogen and oxygen atoms in total. The van der Waals surface area contributed by atoms with Crippen molar-refractivity contribution in [2.24, 2.45) is 5.92 Å². The number of anilines is 1. The summed E-state index contributed by atoms with van der Waals surface area (Å²) in [5.41, 5.74) is 1.43. The highest BCUT2D eigenvalue weighted by molar-refractivity contribution is 7.89. The maximum atomic E-state index is 14.0. The molecule has 10 heteroatoms. The molecule has 0 N–H and O–H groups in total. The maximum absolute atomic E-state index is 14.0. The van der Waals surface area contributed by atoms with Crippen molar-refractivity contribution in [3.8, 4) is 0 Å². The van der Waals surface area contributed by atoms with E-state index in [0.29, 0.717) is 31.5 Å². The second-order valence-corrected chi connectivity index (χ2v) is 9.33. The highest BCUT2D eigenvalue weighted by Gasteiger charge is 2.36. The van der Waals surface area contributed by atoms with E-state index in [0.717, 1.165) is 11.6 Å². The molecule has 2 aromatic carbocycles. The number of carbonyl (C=O) groups is 1. The first-order chi connectivity index (χ1) is 14.3. The van der Waals surface area contributed by atoms with E-state index >= 15 is 0 Å². The largest absolute Gasteiger partial charge is 0.312 e. The molecule has 0 saturated carbocycles. The molecule has 1 amide bonds. The third kappa shape index (κ3) is 3.56. The minimum absolute atomic E-state index is 0.00490. The number of amides is 1. The number of nitro groups is 1. The normalized spacial score (nSPS) is 17.7. The van der Waals surface area contributed by atoms with Crippen molar-refractivity contribution < 1.29 is 22.5 Å². The first kappa shape index (κ1) is 20.4. The van der Waals surface area contributed by atoms with Crippen molar-refractivity contribution >= 4 is 27.3 Å². The van der Waals surface area contributed by atoms with E-state index in [1.54, 1.807) is 11.0 Å². The molecule has 0 bridgehead atoms. The van der Waals surface area contributed by atoms with Crippen LogP contribution in [-0.4, -0.2) is 43.2 Å². The second-order valence-electron chi connectivity index (χ2n) is 7.42. The molecule has 1 fully saturated rings. The van der Waals surface area contributed by atoms with Crippen molar-refractivity contribution in [2.45, 2.75) is 24.2 Å². The Morgan fingerprint density at radius 1 is 1.10 bits per heavy atom. The van der Waals surface area contributed by atoms with Gasteiger partial charge in [-0.1, -0.05) is 12.1 Å². The number of hydrogen-bond acceptors (Lipinski definition) is 5. The number of rotatable bonds is 4. The summed E-state index contributed by atoms with van der Waals surface area (Å²) in [5, 5.41) is 10.9. The predicted molar refractivity (Wildman–Crippen MR) is 107 cm³/mol. The molecular formula is C20H20FN3O5S. The average Bonchev–Trinajstić information content (AvgIpc) is 3.16. The van der Waals surface area contributed by atoms with Crippen LogP contribution in [0.2, 0.25) is 0 Å². The molecule has 0 aromatic heterocycles. The number of benzene rings is 2. The number of nitro benzene ring substituents is 1. The lowest BCUT2D eigenvalue weighted by Gasteiger charge is -2.32. The van der Waals surface area contributed by atoms with Crippen LogP contribution in [0.15, 0.2) is 47.4 Å². The zero-order valence-corrected chi connectivity index (χ0v) is 16.8. The van der Waals surface area contributed by atoms with Gasteiger partial charge in [0, 0.05) is 43.4 Å². The van der Waals surface area contributed by atoms with Crippen LogP contribution < -0.4 is 4.90 Å². The summed E-state index contributed by atoms with van der Waals surface area (Å²) in [6.45, 7) is 0.713. The highest BCUT2D eigenvalue weighted by Crippen LogP contribution is 2.34. The maximum Gasteiger partial charge on any atom is 0.269 e. The number of carbonyl (C=O) groups excluding carboxylic acids is 1. The third-order valence-electron chi connectivity index (χ3n) is 5.69. The minimum Gasteiger partial charge on any atom is -0.312 e. The lowest BCUT2D eigenvalue weighted by Crippen LogP contribution is -2.44. The lowest BCUT2D eigenvalue weighted by atomic mass is 9.96. The Bertz CT molecular complexity index is 1110. The molecule has 0 spiro atoms. The molecule has 0 aliphatic carbocycles. The van der Waals surface area contributed by atoms with Gasteiger partial charge in [0.1, 0.15) is 10.7 Å². The Hall–Kier alpha value is -2.85. The van der Waals surface area contributed by atoms with E-state index in [2.05, 4.69) is 0 Å². The summed E-state index contributed by atoms with van der Waals surface area (Å²) in [7, 11) is -3.95. The molecule has 2 aliphatic rings. The number of sulfonamides is 1. The van der Waals surface area contributed by atoms with Gasteiger partial charge < -0.3 is 4.90 Å². The van der Waals surface area contributed by atoms with Crippen LogP contribution in [0.5, 0.6) is 0 Å². The van der Waals surface area contributed by atoms with Gasteiger partial charge in [-0.3, -0.25) is 14.9 Å².